The summed E-state index contributed by atoms with van der Waals surface area (Å²) in [5.41, 5.74) is 10.5. The molecule has 0 saturated carbocycles. The second-order valence-corrected chi connectivity index (χ2v) is 4.88. The van der Waals surface area contributed by atoms with Crippen LogP contribution in [-0.4, -0.2) is 18.1 Å². The Bertz CT molecular complexity index is 665. The van der Waals surface area contributed by atoms with Crippen LogP contribution >= 0.6 is 0 Å². The van der Waals surface area contributed by atoms with E-state index in [-0.39, 0.29) is 0 Å². The Morgan fingerprint density at radius 1 is 1.32 bits per heavy atom. The van der Waals surface area contributed by atoms with Gasteiger partial charge >= 0.3 is 5.97 Å². The molecule has 98 valence electrons. The number of fused-ring (bicyclic) bond motifs is 3. The van der Waals surface area contributed by atoms with Crippen LogP contribution in [0.3, 0.4) is 0 Å². The standard InChI is InChI=1S/C15H16N2O2/c1-19-15(18)12-8-17-14-10-5-3-2-4-9(10)6-7-11(14)13(12)16/h6-8H,2-5H2,1H3,(H2,16,17). The van der Waals surface area contributed by atoms with Crippen molar-refractivity contribution < 1.29 is 9.53 Å². The monoisotopic (exact) mass is 256 g/mol. The highest BCUT2D eigenvalue weighted by Crippen LogP contribution is 2.31. The molecule has 0 aliphatic heterocycles. The van der Waals surface area contributed by atoms with E-state index in [4.69, 9.17) is 10.5 Å². The van der Waals surface area contributed by atoms with Crippen LogP contribution in [0.25, 0.3) is 10.9 Å². The SMILES string of the molecule is COC(=O)c1cnc2c3c(ccc2c1N)CCCC3. The zero-order chi connectivity index (χ0) is 13.4. The molecule has 4 heteroatoms. The van der Waals surface area contributed by atoms with Gasteiger partial charge in [-0.3, -0.25) is 4.98 Å². The first-order valence-electron chi connectivity index (χ1n) is 6.49. The number of nitrogens with zero attached hydrogens (tertiary/aromatic N) is 1. The Labute approximate surface area is 111 Å². The van der Waals surface area contributed by atoms with Crippen molar-refractivity contribution in [3.05, 3.63) is 35.0 Å². The Morgan fingerprint density at radius 2 is 2.11 bits per heavy atom. The van der Waals surface area contributed by atoms with Crippen LogP contribution in [0.5, 0.6) is 0 Å². The van der Waals surface area contributed by atoms with Gasteiger partial charge in [0.15, 0.2) is 0 Å². The number of anilines is 1. The molecule has 0 atom stereocenters. The highest BCUT2D eigenvalue weighted by atomic mass is 16.5. The number of hydrogen-bond donors (Lipinski definition) is 1. The molecular weight excluding hydrogens is 240 g/mol. The fourth-order valence-electron chi connectivity index (χ4n) is 2.79. The largest absolute Gasteiger partial charge is 0.465 e. The van der Waals surface area contributed by atoms with Crippen LogP contribution in [0, 0.1) is 0 Å². The average molecular weight is 256 g/mol. The summed E-state index contributed by atoms with van der Waals surface area (Å²) in [7, 11) is 1.35. The number of methoxy groups -OCH3 is 1. The maximum atomic E-state index is 11.6. The van der Waals surface area contributed by atoms with E-state index in [2.05, 4.69) is 11.1 Å². The summed E-state index contributed by atoms with van der Waals surface area (Å²) >= 11 is 0. The second-order valence-electron chi connectivity index (χ2n) is 4.88. The van der Waals surface area contributed by atoms with E-state index in [1.54, 1.807) is 0 Å². The van der Waals surface area contributed by atoms with E-state index in [1.165, 1.54) is 37.3 Å². The summed E-state index contributed by atoms with van der Waals surface area (Å²) in [6.45, 7) is 0. The van der Waals surface area contributed by atoms with Crippen LogP contribution in [0.2, 0.25) is 0 Å². The van der Waals surface area contributed by atoms with Crippen molar-refractivity contribution in [1.29, 1.82) is 0 Å². The minimum absolute atomic E-state index is 0.339. The number of benzene rings is 1. The molecule has 1 aromatic heterocycles. The first-order chi connectivity index (χ1) is 9.22. The third kappa shape index (κ3) is 1.84. The number of nitrogens with two attached hydrogens (primary N) is 1. The Balaban J connectivity index is 2.25. The number of ether oxygens (including phenoxy) is 1. The van der Waals surface area contributed by atoms with Gasteiger partial charge in [0.1, 0.15) is 5.56 Å². The molecule has 2 aromatic rings. The molecular formula is C15H16N2O2. The van der Waals surface area contributed by atoms with Crippen LogP contribution in [0.1, 0.15) is 34.3 Å². The molecule has 1 aromatic carbocycles. The Kier molecular flexibility index (Phi) is 2.85. The Hall–Kier alpha value is -2.10. The minimum Gasteiger partial charge on any atom is -0.465 e. The van der Waals surface area contributed by atoms with Gasteiger partial charge in [0.2, 0.25) is 0 Å². The Morgan fingerprint density at radius 3 is 2.89 bits per heavy atom. The number of aryl methyl sites for hydroxylation is 2. The van der Waals surface area contributed by atoms with Gasteiger partial charge in [0.25, 0.3) is 0 Å². The number of esters is 1. The molecule has 0 amide bonds. The van der Waals surface area contributed by atoms with Gasteiger partial charge in [0, 0.05) is 11.6 Å². The van der Waals surface area contributed by atoms with Crippen LogP contribution in [0.4, 0.5) is 5.69 Å². The highest BCUT2D eigenvalue weighted by Gasteiger charge is 2.18. The molecule has 0 spiro atoms. The third-order valence-electron chi connectivity index (χ3n) is 3.81. The van der Waals surface area contributed by atoms with Gasteiger partial charge < -0.3 is 10.5 Å². The quantitative estimate of drug-likeness (QED) is 0.796. The molecule has 1 aliphatic rings. The van der Waals surface area contributed by atoms with E-state index < -0.39 is 5.97 Å². The van der Waals surface area contributed by atoms with E-state index >= 15 is 0 Å². The van der Waals surface area contributed by atoms with Crippen molar-refractivity contribution in [2.24, 2.45) is 0 Å². The van der Waals surface area contributed by atoms with Gasteiger partial charge in [-0.05, 0) is 36.8 Å². The predicted molar refractivity (Wildman–Crippen MR) is 74.1 cm³/mol. The number of rotatable bonds is 1. The van der Waals surface area contributed by atoms with Crippen molar-refractivity contribution in [1.82, 2.24) is 4.98 Å². The molecule has 3 rings (SSSR count). The number of hydrogen-bond acceptors (Lipinski definition) is 4. The molecule has 19 heavy (non-hydrogen) atoms. The van der Waals surface area contributed by atoms with E-state index in [9.17, 15) is 4.79 Å². The highest BCUT2D eigenvalue weighted by molar-refractivity contribution is 6.04. The summed E-state index contributed by atoms with van der Waals surface area (Å²) in [6.07, 6.45) is 6.08. The number of carbonyl (C=O) groups is 1. The third-order valence-corrected chi connectivity index (χ3v) is 3.81. The molecule has 0 saturated heterocycles. The van der Waals surface area contributed by atoms with Crippen molar-refractivity contribution in [2.75, 3.05) is 12.8 Å². The number of nitrogen functional groups attached to an aromatic ring is 1. The van der Waals surface area contributed by atoms with Crippen molar-refractivity contribution in [2.45, 2.75) is 25.7 Å². The topological polar surface area (TPSA) is 65.2 Å². The second kappa shape index (κ2) is 4.53. The average Bonchev–Trinajstić information content (AvgIpc) is 2.46. The summed E-state index contributed by atoms with van der Waals surface area (Å²) < 4.78 is 4.72. The van der Waals surface area contributed by atoms with Gasteiger partial charge in [-0.1, -0.05) is 12.1 Å². The smallest absolute Gasteiger partial charge is 0.341 e. The van der Waals surface area contributed by atoms with Crippen molar-refractivity contribution in [3.63, 3.8) is 0 Å². The van der Waals surface area contributed by atoms with Crippen LogP contribution < -0.4 is 5.73 Å². The van der Waals surface area contributed by atoms with Gasteiger partial charge in [0.05, 0.1) is 18.3 Å². The van der Waals surface area contributed by atoms with Crippen LogP contribution in [-0.2, 0) is 17.6 Å². The maximum Gasteiger partial charge on any atom is 0.341 e. The normalized spacial score (nSPS) is 14.2. The van der Waals surface area contributed by atoms with E-state index in [0.717, 1.165) is 23.7 Å². The maximum absolute atomic E-state index is 11.6. The fourth-order valence-corrected chi connectivity index (χ4v) is 2.79. The zero-order valence-corrected chi connectivity index (χ0v) is 10.9. The molecule has 1 heterocycles. The lowest BCUT2D eigenvalue weighted by atomic mass is 9.89. The first-order valence-corrected chi connectivity index (χ1v) is 6.49. The minimum atomic E-state index is -0.440. The molecule has 0 unspecified atom stereocenters. The molecule has 2 N–H and O–H groups in total. The van der Waals surface area contributed by atoms with Gasteiger partial charge in [-0.2, -0.15) is 0 Å². The number of pyridine rings is 1. The van der Waals surface area contributed by atoms with E-state index in [1.807, 2.05) is 6.07 Å². The summed E-state index contributed by atoms with van der Waals surface area (Å²) in [5.74, 6) is -0.440. The zero-order valence-electron chi connectivity index (χ0n) is 10.9. The summed E-state index contributed by atoms with van der Waals surface area (Å²) in [5, 5.41) is 0.851. The number of aromatic nitrogens is 1. The molecule has 0 bridgehead atoms. The molecule has 0 radical (unpaired) electrons. The lowest BCUT2D eigenvalue weighted by Gasteiger charge is -2.18. The van der Waals surface area contributed by atoms with Crippen molar-refractivity contribution in [3.8, 4) is 0 Å². The lowest BCUT2D eigenvalue weighted by Crippen LogP contribution is -2.09. The van der Waals surface area contributed by atoms with Crippen LogP contribution in [0.15, 0.2) is 18.3 Å². The number of carbonyl (C=O) groups excluding carboxylic acids is 1. The van der Waals surface area contributed by atoms with E-state index in [0.29, 0.717) is 11.3 Å². The lowest BCUT2D eigenvalue weighted by molar-refractivity contribution is 0.0601. The summed E-state index contributed by atoms with van der Waals surface area (Å²) in [6, 6.07) is 4.07. The molecule has 0 fully saturated rings. The first kappa shape index (κ1) is 12.0. The van der Waals surface area contributed by atoms with Gasteiger partial charge in [-0.25, -0.2) is 4.79 Å². The predicted octanol–water partition coefficient (Wildman–Crippen LogP) is 2.48. The van der Waals surface area contributed by atoms with Crippen molar-refractivity contribution >= 4 is 22.6 Å². The molecule has 4 nitrogen and oxygen atoms in total. The summed E-state index contributed by atoms with van der Waals surface area (Å²) in [4.78, 5) is 16.1. The van der Waals surface area contributed by atoms with Gasteiger partial charge in [-0.15, -0.1) is 0 Å². The molecule has 1 aliphatic carbocycles. The fraction of sp³-hybridized carbons (Fsp3) is 0.333.